The Hall–Kier alpha value is -0.670. The van der Waals surface area contributed by atoms with Gasteiger partial charge in [0.25, 0.3) is 0 Å². The summed E-state index contributed by atoms with van der Waals surface area (Å²) in [5.41, 5.74) is 2.45. The van der Waals surface area contributed by atoms with Crippen molar-refractivity contribution < 1.29 is 4.21 Å². The van der Waals surface area contributed by atoms with E-state index in [0.717, 1.165) is 6.42 Å². The molecular formula is C15H23NOS. The molecule has 0 radical (unpaired) electrons. The molecule has 1 aliphatic carbocycles. The van der Waals surface area contributed by atoms with Crippen LogP contribution in [0.1, 0.15) is 36.8 Å². The van der Waals surface area contributed by atoms with Crippen LogP contribution in [0.15, 0.2) is 24.3 Å². The van der Waals surface area contributed by atoms with E-state index in [-0.39, 0.29) is 0 Å². The molecule has 3 heteroatoms. The van der Waals surface area contributed by atoms with E-state index < -0.39 is 10.8 Å². The van der Waals surface area contributed by atoms with Crippen molar-refractivity contribution in [1.82, 2.24) is 5.32 Å². The van der Waals surface area contributed by atoms with Gasteiger partial charge in [0.05, 0.1) is 5.25 Å². The van der Waals surface area contributed by atoms with Gasteiger partial charge in [-0.2, -0.15) is 0 Å². The van der Waals surface area contributed by atoms with Crippen LogP contribution < -0.4 is 5.32 Å². The van der Waals surface area contributed by atoms with Crippen LogP contribution in [-0.2, 0) is 16.6 Å². The second kappa shape index (κ2) is 6.48. The molecule has 1 aliphatic rings. The van der Waals surface area contributed by atoms with Gasteiger partial charge in [0.1, 0.15) is 0 Å². The lowest BCUT2D eigenvalue weighted by Crippen LogP contribution is -2.42. The smallest absolute Gasteiger partial charge is 0.0504 e. The van der Waals surface area contributed by atoms with E-state index in [9.17, 15) is 4.21 Å². The maximum Gasteiger partial charge on any atom is 0.0504 e. The predicted molar refractivity (Wildman–Crippen MR) is 78.1 cm³/mol. The van der Waals surface area contributed by atoms with Gasteiger partial charge in [-0.25, -0.2) is 0 Å². The third-order valence-corrected chi connectivity index (χ3v) is 5.66. The van der Waals surface area contributed by atoms with Crippen LogP contribution in [0.25, 0.3) is 0 Å². The average molecular weight is 265 g/mol. The van der Waals surface area contributed by atoms with Crippen LogP contribution in [0.3, 0.4) is 0 Å². The Bertz CT molecular complexity index is 419. The van der Waals surface area contributed by atoms with E-state index in [0.29, 0.717) is 17.0 Å². The molecule has 1 aromatic carbocycles. The lowest BCUT2D eigenvalue weighted by molar-refractivity contribution is 0.399. The third-order valence-electron chi connectivity index (χ3n) is 3.80. The Kier molecular flexibility index (Phi) is 4.95. The molecule has 3 atom stereocenters. The first-order valence-electron chi connectivity index (χ1n) is 6.80. The molecule has 0 saturated heterocycles. The second-order valence-electron chi connectivity index (χ2n) is 5.23. The summed E-state index contributed by atoms with van der Waals surface area (Å²) in [5, 5.41) is 3.66. The number of rotatable bonds is 4. The Labute approximate surface area is 113 Å². The van der Waals surface area contributed by atoms with Crippen LogP contribution in [0.4, 0.5) is 0 Å². The van der Waals surface area contributed by atoms with Crippen molar-refractivity contribution in [3.05, 3.63) is 35.4 Å². The van der Waals surface area contributed by atoms with E-state index in [1.165, 1.54) is 30.4 Å². The summed E-state index contributed by atoms with van der Waals surface area (Å²) in [5.74, 6) is 0.699. The van der Waals surface area contributed by atoms with Gasteiger partial charge in [-0.1, -0.05) is 42.7 Å². The molecule has 0 aromatic heterocycles. The van der Waals surface area contributed by atoms with Crippen molar-refractivity contribution in [2.75, 3.05) is 7.05 Å². The summed E-state index contributed by atoms with van der Waals surface area (Å²) >= 11 is 0. The zero-order valence-electron chi connectivity index (χ0n) is 11.3. The Morgan fingerprint density at radius 1 is 1.33 bits per heavy atom. The Morgan fingerprint density at radius 2 is 2.11 bits per heavy atom. The molecule has 100 valence electrons. The molecule has 1 N–H and O–H groups in total. The van der Waals surface area contributed by atoms with E-state index in [1.807, 2.05) is 7.05 Å². The fourth-order valence-electron chi connectivity index (χ4n) is 2.81. The van der Waals surface area contributed by atoms with Gasteiger partial charge in [-0.3, -0.25) is 4.21 Å². The van der Waals surface area contributed by atoms with Crippen molar-refractivity contribution in [2.24, 2.45) is 0 Å². The normalized spacial score (nSPS) is 25.9. The zero-order valence-corrected chi connectivity index (χ0v) is 12.1. The number of nitrogens with one attached hydrogen (secondary N) is 1. The molecule has 0 amide bonds. The van der Waals surface area contributed by atoms with Crippen molar-refractivity contribution in [3.63, 3.8) is 0 Å². The van der Waals surface area contributed by atoms with Crippen LogP contribution in [0.5, 0.6) is 0 Å². The summed E-state index contributed by atoms with van der Waals surface area (Å²) in [4.78, 5) is 0. The summed E-state index contributed by atoms with van der Waals surface area (Å²) in [6, 6.07) is 8.81. The van der Waals surface area contributed by atoms with Crippen LogP contribution in [-0.4, -0.2) is 22.5 Å². The standard InChI is InChI=1S/C15H23NOS/c1-12-6-5-7-13(10-12)11-18(17)15-9-4-3-8-14(15)16-2/h5-7,10,14-16H,3-4,8-9,11H2,1-2H3. The van der Waals surface area contributed by atoms with Crippen LogP contribution in [0.2, 0.25) is 0 Å². The highest BCUT2D eigenvalue weighted by atomic mass is 32.2. The molecule has 2 rings (SSSR count). The van der Waals surface area contributed by atoms with Gasteiger partial charge >= 0.3 is 0 Å². The maximum atomic E-state index is 12.5. The molecule has 1 saturated carbocycles. The molecule has 0 bridgehead atoms. The fraction of sp³-hybridized carbons (Fsp3) is 0.600. The minimum atomic E-state index is -0.758. The molecule has 0 spiro atoms. The largest absolute Gasteiger partial charge is 0.316 e. The van der Waals surface area contributed by atoms with Gasteiger partial charge in [0, 0.05) is 22.6 Å². The molecule has 1 aromatic rings. The topological polar surface area (TPSA) is 29.1 Å². The summed E-state index contributed by atoms with van der Waals surface area (Å²) in [7, 11) is 1.23. The highest BCUT2D eigenvalue weighted by molar-refractivity contribution is 7.84. The maximum absolute atomic E-state index is 12.5. The number of hydrogen-bond acceptors (Lipinski definition) is 2. The first kappa shape index (κ1) is 13.8. The minimum Gasteiger partial charge on any atom is -0.316 e. The molecule has 2 nitrogen and oxygen atoms in total. The minimum absolute atomic E-state index is 0.323. The summed E-state index contributed by atoms with van der Waals surface area (Å²) in [6.07, 6.45) is 4.76. The van der Waals surface area contributed by atoms with Crippen LogP contribution in [0, 0.1) is 6.92 Å². The van der Waals surface area contributed by atoms with Gasteiger partial charge in [-0.15, -0.1) is 0 Å². The average Bonchev–Trinajstić information content (AvgIpc) is 2.38. The first-order valence-corrected chi connectivity index (χ1v) is 8.19. The number of aryl methyl sites for hydroxylation is 1. The molecular weight excluding hydrogens is 242 g/mol. The number of benzene rings is 1. The molecule has 1 fully saturated rings. The van der Waals surface area contributed by atoms with Crippen molar-refractivity contribution in [3.8, 4) is 0 Å². The predicted octanol–water partition coefficient (Wildman–Crippen LogP) is 2.77. The fourth-order valence-corrected chi connectivity index (χ4v) is 4.61. The molecule has 3 unspecified atom stereocenters. The SMILES string of the molecule is CNC1CCCCC1S(=O)Cc1cccc(C)c1. The van der Waals surface area contributed by atoms with Crippen molar-refractivity contribution >= 4 is 10.8 Å². The van der Waals surface area contributed by atoms with E-state index in [4.69, 9.17) is 0 Å². The zero-order chi connectivity index (χ0) is 13.0. The van der Waals surface area contributed by atoms with E-state index in [2.05, 4.69) is 36.5 Å². The lowest BCUT2D eigenvalue weighted by Gasteiger charge is -2.30. The van der Waals surface area contributed by atoms with E-state index in [1.54, 1.807) is 0 Å². The van der Waals surface area contributed by atoms with E-state index >= 15 is 0 Å². The first-order chi connectivity index (χ1) is 8.70. The molecule has 0 aliphatic heterocycles. The molecule has 18 heavy (non-hydrogen) atoms. The quantitative estimate of drug-likeness (QED) is 0.907. The molecule has 0 heterocycles. The van der Waals surface area contributed by atoms with Gasteiger partial charge < -0.3 is 5.32 Å². The second-order valence-corrected chi connectivity index (χ2v) is 6.89. The highest BCUT2D eigenvalue weighted by Gasteiger charge is 2.28. The van der Waals surface area contributed by atoms with Crippen LogP contribution >= 0.6 is 0 Å². The van der Waals surface area contributed by atoms with Crippen molar-refractivity contribution in [2.45, 2.75) is 49.7 Å². The highest BCUT2D eigenvalue weighted by Crippen LogP contribution is 2.24. The van der Waals surface area contributed by atoms with Gasteiger partial charge in [-0.05, 0) is 32.4 Å². The third kappa shape index (κ3) is 3.42. The van der Waals surface area contributed by atoms with Crippen molar-refractivity contribution in [1.29, 1.82) is 0 Å². The number of hydrogen-bond donors (Lipinski definition) is 1. The summed E-state index contributed by atoms with van der Waals surface area (Å²) in [6.45, 7) is 2.09. The monoisotopic (exact) mass is 265 g/mol. The van der Waals surface area contributed by atoms with Gasteiger partial charge in [0.15, 0.2) is 0 Å². The van der Waals surface area contributed by atoms with Gasteiger partial charge in [0.2, 0.25) is 0 Å². The lowest BCUT2D eigenvalue weighted by atomic mass is 9.95. The Balaban J connectivity index is 2.02. The Morgan fingerprint density at radius 3 is 2.83 bits per heavy atom. The summed E-state index contributed by atoms with van der Waals surface area (Å²) < 4.78 is 12.5.